The molecule has 1 saturated carbocycles. The molecule has 1 aliphatic carbocycles. The van der Waals surface area contributed by atoms with Crippen LogP contribution in [0.3, 0.4) is 0 Å². The maximum absolute atomic E-state index is 6.20. The predicted molar refractivity (Wildman–Crippen MR) is 79.4 cm³/mol. The van der Waals surface area contributed by atoms with Crippen LogP contribution in [0, 0.1) is 0 Å². The first-order chi connectivity index (χ1) is 10.2. The average molecular weight is 320 g/mol. The minimum absolute atomic E-state index is 0. The Bertz CT molecular complexity index is 766. The molecule has 1 aliphatic rings. The fraction of sp³-hybridized carbons (Fsp3) is 0.308. The number of rotatable bonds is 3. The van der Waals surface area contributed by atoms with Crippen molar-refractivity contribution in [3.8, 4) is 17.3 Å². The molecule has 3 aromatic rings. The summed E-state index contributed by atoms with van der Waals surface area (Å²) in [5.41, 5.74) is 6.55. The second kappa shape index (κ2) is 5.47. The van der Waals surface area contributed by atoms with E-state index in [4.69, 9.17) is 10.3 Å². The molecule has 3 heterocycles. The third-order valence-corrected chi connectivity index (χ3v) is 3.76. The van der Waals surface area contributed by atoms with Gasteiger partial charge in [0.1, 0.15) is 12.7 Å². The summed E-state index contributed by atoms with van der Waals surface area (Å²) in [6.45, 7) is 0. The highest BCUT2D eigenvalue weighted by atomic mass is 35.5. The molecule has 9 heteroatoms. The van der Waals surface area contributed by atoms with Crippen LogP contribution in [-0.4, -0.2) is 29.9 Å². The Morgan fingerprint density at radius 2 is 2.18 bits per heavy atom. The van der Waals surface area contributed by atoms with Crippen LogP contribution in [0.5, 0.6) is 0 Å². The van der Waals surface area contributed by atoms with Gasteiger partial charge in [0.05, 0.1) is 5.54 Å². The van der Waals surface area contributed by atoms with E-state index >= 15 is 0 Å². The van der Waals surface area contributed by atoms with Gasteiger partial charge < -0.3 is 10.3 Å². The Hall–Kier alpha value is -2.32. The molecule has 0 saturated heterocycles. The quantitative estimate of drug-likeness (QED) is 0.778. The van der Waals surface area contributed by atoms with Crippen molar-refractivity contribution in [2.24, 2.45) is 5.73 Å². The molecule has 0 aliphatic heterocycles. The molecular weight excluding hydrogens is 306 g/mol. The first-order valence-corrected chi connectivity index (χ1v) is 6.69. The van der Waals surface area contributed by atoms with E-state index in [9.17, 15) is 0 Å². The second-order valence-corrected chi connectivity index (χ2v) is 5.18. The standard InChI is InChI=1S/C13H13N7O.ClH/c14-13(3-1-4-13)12-18-11(21-19-12)9-2-5-16-10(6-9)20-8-15-7-17-20;/h2,5-8H,1,3-4,14H2;1H. The number of hydrogen-bond acceptors (Lipinski definition) is 7. The van der Waals surface area contributed by atoms with Crippen LogP contribution in [0.15, 0.2) is 35.5 Å². The van der Waals surface area contributed by atoms with Crippen molar-refractivity contribution in [3.63, 3.8) is 0 Å². The zero-order valence-corrected chi connectivity index (χ0v) is 12.4. The number of pyridine rings is 1. The third kappa shape index (κ3) is 2.36. The van der Waals surface area contributed by atoms with Gasteiger partial charge in [-0.2, -0.15) is 10.1 Å². The summed E-state index contributed by atoms with van der Waals surface area (Å²) in [6, 6.07) is 3.62. The van der Waals surface area contributed by atoms with E-state index < -0.39 is 5.54 Å². The summed E-state index contributed by atoms with van der Waals surface area (Å²) in [4.78, 5) is 12.6. The van der Waals surface area contributed by atoms with Gasteiger partial charge in [-0.15, -0.1) is 12.4 Å². The van der Waals surface area contributed by atoms with E-state index in [1.54, 1.807) is 17.2 Å². The van der Waals surface area contributed by atoms with E-state index in [0.29, 0.717) is 17.5 Å². The summed E-state index contributed by atoms with van der Waals surface area (Å²) in [6.07, 6.45) is 7.59. The van der Waals surface area contributed by atoms with E-state index in [-0.39, 0.29) is 12.4 Å². The number of nitrogens with two attached hydrogens (primary N) is 1. The molecule has 0 spiro atoms. The minimum atomic E-state index is -0.427. The van der Waals surface area contributed by atoms with Gasteiger partial charge in [0.25, 0.3) is 5.89 Å². The average Bonchev–Trinajstić information content (AvgIpc) is 3.16. The van der Waals surface area contributed by atoms with Gasteiger partial charge in [-0.1, -0.05) is 5.16 Å². The summed E-state index contributed by atoms with van der Waals surface area (Å²) in [7, 11) is 0. The Kier molecular flexibility index (Phi) is 3.63. The summed E-state index contributed by atoms with van der Waals surface area (Å²) in [5.74, 6) is 1.64. The fourth-order valence-electron chi connectivity index (χ4n) is 2.33. The molecule has 0 radical (unpaired) electrons. The molecular formula is C13H14ClN7O. The van der Waals surface area contributed by atoms with Gasteiger partial charge in [-0.05, 0) is 31.4 Å². The monoisotopic (exact) mass is 319 g/mol. The van der Waals surface area contributed by atoms with Crippen LogP contribution in [-0.2, 0) is 5.54 Å². The highest BCUT2D eigenvalue weighted by Gasteiger charge is 2.39. The first kappa shape index (κ1) is 14.6. The lowest BCUT2D eigenvalue weighted by Gasteiger charge is -2.34. The molecule has 22 heavy (non-hydrogen) atoms. The van der Waals surface area contributed by atoms with E-state index in [1.807, 2.05) is 12.1 Å². The zero-order valence-electron chi connectivity index (χ0n) is 11.6. The Balaban J connectivity index is 0.00000144. The molecule has 0 atom stereocenters. The third-order valence-electron chi connectivity index (χ3n) is 3.76. The number of nitrogens with zero attached hydrogens (tertiary/aromatic N) is 6. The predicted octanol–water partition coefficient (Wildman–Crippen LogP) is 1.47. The fourth-order valence-corrected chi connectivity index (χ4v) is 2.33. The molecule has 0 bridgehead atoms. The van der Waals surface area contributed by atoms with Crippen LogP contribution >= 0.6 is 12.4 Å². The molecule has 0 aromatic carbocycles. The zero-order chi connectivity index (χ0) is 14.3. The Morgan fingerprint density at radius 3 is 2.86 bits per heavy atom. The second-order valence-electron chi connectivity index (χ2n) is 5.18. The van der Waals surface area contributed by atoms with E-state index in [1.165, 1.54) is 6.33 Å². The van der Waals surface area contributed by atoms with Crippen molar-refractivity contribution in [2.75, 3.05) is 0 Å². The van der Waals surface area contributed by atoms with Gasteiger partial charge >= 0.3 is 0 Å². The molecule has 8 nitrogen and oxygen atoms in total. The van der Waals surface area contributed by atoms with Crippen molar-refractivity contribution in [2.45, 2.75) is 24.8 Å². The lowest BCUT2D eigenvalue weighted by atomic mass is 9.77. The van der Waals surface area contributed by atoms with Gasteiger partial charge in [0, 0.05) is 11.8 Å². The van der Waals surface area contributed by atoms with Gasteiger partial charge in [0.2, 0.25) is 0 Å². The number of aromatic nitrogens is 6. The van der Waals surface area contributed by atoms with E-state index in [0.717, 1.165) is 24.8 Å². The maximum atomic E-state index is 6.20. The van der Waals surface area contributed by atoms with Crippen LogP contribution < -0.4 is 5.73 Å². The highest BCUT2D eigenvalue weighted by Crippen LogP contribution is 2.37. The van der Waals surface area contributed by atoms with Crippen LogP contribution in [0.1, 0.15) is 25.1 Å². The summed E-state index contributed by atoms with van der Waals surface area (Å²) < 4.78 is 6.90. The molecule has 0 amide bonds. The van der Waals surface area contributed by atoms with Gasteiger partial charge in [-0.3, -0.25) is 0 Å². The lowest BCUT2D eigenvalue weighted by Crippen LogP contribution is -2.44. The normalized spacial score (nSPS) is 15.9. The van der Waals surface area contributed by atoms with Crippen LogP contribution in [0.2, 0.25) is 0 Å². The molecule has 4 rings (SSSR count). The van der Waals surface area contributed by atoms with Crippen molar-refractivity contribution in [1.29, 1.82) is 0 Å². The first-order valence-electron chi connectivity index (χ1n) is 6.69. The smallest absolute Gasteiger partial charge is 0.258 e. The minimum Gasteiger partial charge on any atom is -0.334 e. The van der Waals surface area contributed by atoms with Crippen molar-refractivity contribution in [1.82, 2.24) is 29.9 Å². The molecule has 114 valence electrons. The van der Waals surface area contributed by atoms with Gasteiger partial charge in [0.15, 0.2) is 11.6 Å². The molecule has 0 unspecified atom stereocenters. The molecule has 1 fully saturated rings. The topological polar surface area (TPSA) is 109 Å². The maximum Gasteiger partial charge on any atom is 0.258 e. The highest BCUT2D eigenvalue weighted by molar-refractivity contribution is 5.85. The van der Waals surface area contributed by atoms with Crippen molar-refractivity contribution < 1.29 is 4.52 Å². The SMILES string of the molecule is Cl.NC1(c2noc(-c3ccnc(-n4cncn4)c3)n2)CCC1. The molecule has 3 aromatic heterocycles. The molecule has 2 N–H and O–H groups in total. The summed E-state index contributed by atoms with van der Waals surface area (Å²) in [5, 5.41) is 8.06. The Labute approximate surface area is 132 Å². The van der Waals surface area contributed by atoms with Crippen molar-refractivity contribution >= 4 is 12.4 Å². The van der Waals surface area contributed by atoms with Gasteiger partial charge in [-0.25, -0.2) is 14.6 Å². The van der Waals surface area contributed by atoms with Crippen molar-refractivity contribution in [3.05, 3.63) is 36.8 Å². The Morgan fingerprint density at radius 1 is 1.32 bits per heavy atom. The van der Waals surface area contributed by atoms with Crippen LogP contribution in [0.4, 0.5) is 0 Å². The summed E-state index contributed by atoms with van der Waals surface area (Å²) >= 11 is 0. The number of halogens is 1. The lowest BCUT2D eigenvalue weighted by molar-refractivity contribution is 0.229. The van der Waals surface area contributed by atoms with E-state index in [2.05, 4.69) is 25.2 Å². The number of hydrogen-bond donors (Lipinski definition) is 1. The largest absolute Gasteiger partial charge is 0.334 e. The van der Waals surface area contributed by atoms with Crippen LogP contribution in [0.25, 0.3) is 17.3 Å².